The number of pyridine rings is 1. The third-order valence-corrected chi connectivity index (χ3v) is 3.78. The fourth-order valence-corrected chi connectivity index (χ4v) is 2.63. The Labute approximate surface area is 121 Å². The van der Waals surface area contributed by atoms with Gasteiger partial charge in [0.1, 0.15) is 11.5 Å². The third-order valence-electron chi connectivity index (χ3n) is 2.81. The largest absolute Gasteiger partial charge is 0.263 e. The molecule has 0 aliphatic heterocycles. The Morgan fingerprint density at radius 2 is 2.05 bits per heavy atom. The van der Waals surface area contributed by atoms with Gasteiger partial charge in [-0.2, -0.15) is 5.10 Å². The van der Waals surface area contributed by atoms with E-state index in [0.717, 1.165) is 17.1 Å². The topological polar surface area (TPSA) is 54.5 Å². The molecule has 5 heteroatoms. The van der Waals surface area contributed by atoms with Crippen molar-refractivity contribution in [1.82, 2.24) is 20.2 Å². The Hall–Kier alpha value is -2.27. The van der Waals surface area contributed by atoms with Crippen molar-refractivity contribution in [3.63, 3.8) is 0 Å². The molecule has 0 saturated carbocycles. The maximum atomic E-state index is 4.31. The third kappa shape index (κ3) is 2.83. The van der Waals surface area contributed by atoms with E-state index in [4.69, 9.17) is 0 Å². The lowest BCUT2D eigenvalue weighted by molar-refractivity contribution is 1.04. The van der Waals surface area contributed by atoms with Gasteiger partial charge in [-0.15, -0.1) is 11.3 Å². The highest BCUT2D eigenvalue weighted by atomic mass is 32.1. The van der Waals surface area contributed by atoms with Gasteiger partial charge < -0.3 is 0 Å². The van der Waals surface area contributed by atoms with Crippen LogP contribution in [-0.2, 0) is 0 Å². The van der Waals surface area contributed by atoms with Gasteiger partial charge in [0.05, 0.1) is 0 Å². The fraction of sp³-hybridized carbons (Fsp3) is 0.133. The van der Waals surface area contributed by atoms with Gasteiger partial charge in [0.2, 0.25) is 0 Å². The van der Waals surface area contributed by atoms with E-state index < -0.39 is 0 Å². The van der Waals surface area contributed by atoms with Crippen LogP contribution in [-0.4, -0.2) is 20.2 Å². The number of hydrogen-bond donors (Lipinski definition) is 1. The molecule has 0 aliphatic carbocycles. The second kappa shape index (κ2) is 5.38. The van der Waals surface area contributed by atoms with Crippen LogP contribution >= 0.6 is 11.3 Å². The Balaban J connectivity index is 1.86. The zero-order valence-corrected chi connectivity index (χ0v) is 12.1. The smallest absolute Gasteiger partial charge is 0.199 e. The Kier molecular flexibility index (Phi) is 3.43. The van der Waals surface area contributed by atoms with Crippen molar-refractivity contribution in [2.75, 3.05) is 0 Å². The van der Waals surface area contributed by atoms with Crippen molar-refractivity contribution in [3.05, 3.63) is 51.6 Å². The van der Waals surface area contributed by atoms with E-state index in [1.54, 1.807) is 17.5 Å². The molecule has 20 heavy (non-hydrogen) atoms. The molecule has 0 saturated heterocycles. The minimum Gasteiger partial charge on any atom is -0.263 e. The number of aromatic amines is 1. The summed E-state index contributed by atoms with van der Waals surface area (Å²) in [4.78, 5) is 11.2. The fourth-order valence-electron chi connectivity index (χ4n) is 1.85. The highest BCUT2D eigenvalue weighted by Crippen LogP contribution is 2.19. The van der Waals surface area contributed by atoms with E-state index in [0.29, 0.717) is 5.82 Å². The molecule has 3 rings (SSSR count). The molecule has 1 N–H and O–H groups in total. The quantitative estimate of drug-likeness (QED) is 0.796. The lowest BCUT2D eigenvalue weighted by atomic mass is 10.2. The number of nitrogens with one attached hydrogen (secondary N) is 1. The van der Waals surface area contributed by atoms with Crippen LogP contribution < -0.4 is 0 Å². The summed E-state index contributed by atoms with van der Waals surface area (Å²) in [6.45, 7) is 3.98. The maximum Gasteiger partial charge on any atom is 0.199 e. The molecule has 0 unspecified atom stereocenters. The van der Waals surface area contributed by atoms with Crippen LogP contribution in [0, 0.1) is 13.8 Å². The summed E-state index contributed by atoms with van der Waals surface area (Å²) in [6.07, 6.45) is 5.97. The van der Waals surface area contributed by atoms with Crippen molar-refractivity contribution in [1.29, 1.82) is 0 Å². The van der Waals surface area contributed by atoms with Gasteiger partial charge in [0.25, 0.3) is 0 Å². The molecule has 0 aliphatic rings. The summed E-state index contributed by atoms with van der Waals surface area (Å²) >= 11 is 1.78. The standard InChI is InChI=1S/C15H14N4S/c1-10-3-5-13(20-10)6-4-12-7-8-16-14(9-12)15-17-11(2)18-19-15/h3-9H,1-2H3,(H,17,18,19)/b6-4+. The summed E-state index contributed by atoms with van der Waals surface area (Å²) in [5.74, 6) is 1.42. The molecule has 0 amide bonds. The van der Waals surface area contributed by atoms with Crippen LogP contribution in [0.4, 0.5) is 0 Å². The monoisotopic (exact) mass is 282 g/mol. The Morgan fingerprint density at radius 1 is 1.15 bits per heavy atom. The molecule has 0 spiro atoms. The summed E-state index contributed by atoms with van der Waals surface area (Å²) in [5.41, 5.74) is 1.86. The lowest BCUT2D eigenvalue weighted by Gasteiger charge is -1.96. The van der Waals surface area contributed by atoms with Crippen molar-refractivity contribution in [2.24, 2.45) is 0 Å². The number of rotatable bonds is 3. The van der Waals surface area contributed by atoms with Gasteiger partial charge in [0.15, 0.2) is 5.82 Å². The zero-order chi connectivity index (χ0) is 13.9. The van der Waals surface area contributed by atoms with E-state index >= 15 is 0 Å². The van der Waals surface area contributed by atoms with E-state index in [1.807, 2.05) is 19.1 Å². The van der Waals surface area contributed by atoms with E-state index in [9.17, 15) is 0 Å². The first-order valence-electron chi connectivity index (χ1n) is 6.31. The van der Waals surface area contributed by atoms with Crippen molar-refractivity contribution >= 4 is 23.5 Å². The maximum absolute atomic E-state index is 4.31. The van der Waals surface area contributed by atoms with Crippen LogP contribution in [0.25, 0.3) is 23.7 Å². The molecule has 0 atom stereocenters. The highest BCUT2D eigenvalue weighted by molar-refractivity contribution is 7.12. The molecule has 0 bridgehead atoms. The van der Waals surface area contributed by atoms with E-state index in [2.05, 4.69) is 51.4 Å². The lowest BCUT2D eigenvalue weighted by Crippen LogP contribution is -1.86. The van der Waals surface area contributed by atoms with Gasteiger partial charge in [-0.25, -0.2) is 4.98 Å². The predicted octanol–water partition coefficient (Wildman–Crippen LogP) is 3.72. The van der Waals surface area contributed by atoms with Gasteiger partial charge in [-0.05, 0) is 49.8 Å². The second-order valence-corrected chi connectivity index (χ2v) is 5.82. The van der Waals surface area contributed by atoms with E-state index in [1.165, 1.54) is 9.75 Å². The minimum absolute atomic E-state index is 0.629. The molecular formula is C15H14N4S. The highest BCUT2D eigenvalue weighted by Gasteiger charge is 2.04. The first-order valence-corrected chi connectivity index (χ1v) is 7.12. The molecule has 3 aromatic heterocycles. The molecule has 4 nitrogen and oxygen atoms in total. The second-order valence-electron chi connectivity index (χ2n) is 4.50. The number of thiophene rings is 1. The van der Waals surface area contributed by atoms with Crippen molar-refractivity contribution in [3.8, 4) is 11.5 Å². The van der Waals surface area contributed by atoms with Crippen LogP contribution in [0.1, 0.15) is 21.1 Å². The zero-order valence-electron chi connectivity index (χ0n) is 11.3. The minimum atomic E-state index is 0.629. The first-order chi connectivity index (χ1) is 9.70. The number of hydrogen-bond acceptors (Lipinski definition) is 4. The molecule has 100 valence electrons. The average Bonchev–Trinajstić information content (AvgIpc) is 3.06. The van der Waals surface area contributed by atoms with Crippen molar-refractivity contribution in [2.45, 2.75) is 13.8 Å². The van der Waals surface area contributed by atoms with Crippen LogP contribution in [0.2, 0.25) is 0 Å². The summed E-state index contributed by atoms with van der Waals surface area (Å²) in [6, 6.07) is 8.20. The Morgan fingerprint density at radius 3 is 2.75 bits per heavy atom. The first kappa shape index (κ1) is 12.7. The predicted molar refractivity (Wildman–Crippen MR) is 82.3 cm³/mol. The summed E-state index contributed by atoms with van der Waals surface area (Å²) < 4.78 is 0. The molecular weight excluding hydrogens is 268 g/mol. The van der Waals surface area contributed by atoms with Gasteiger partial charge in [0, 0.05) is 16.0 Å². The number of H-pyrrole nitrogens is 1. The molecule has 3 heterocycles. The normalized spacial score (nSPS) is 11.3. The molecule has 0 radical (unpaired) electrons. The SMILES string of the molecule is Cc1nc(-c2cc(/C=C/c3ccc(C)s3)ccn2)n[nH]1. The molecule has 3 aromatic rings. The summed E-state index contributed by atoms with van der Waals surface area (Å²) in [7, 11) is 0. The van der Waals surface area contributed by atoms with Gasteiger partial charge in [-0.3, -0.25) is 10.1 Å². The van der Waals surface area contributed by atoms with Crippen LogP contribution in [0.3, 0.4) is 0 Å². The Bertz CT molecular complexity index is 755. The number of aryl methyl sites for hydroxylation is 2. The number of aromatic nitrogens is 4. The number of nitrogens with zero attached hydrogens (tertiary/aromatic N) is 3. The van der Waals surface area contributed by atoms with E-state index in [-0.39, 0.29) is 0 Å². The van der Waals surface area contributed by atoms with Gasteiger partial charge >= 0.3 is 0 Å². The van der Waals surface area contributed by atoms with Crippen molar-refractivity contribution < 1.29 is 0 Å². The molecule has 0 aromatic carbocycles. The van der Waals surface area contributed by atoms with Crippen LogP contribution in [0.5, 0.6) is 0 Å². The average molecular weight is 282 g/mol. The van der Waals surface area contributed by atoms with Crippen LogP contribution in [0.15, 0.2) is 30.5 Å². The van der Waals surface area contributed by atoms with Gasteiger partial charge in [-0.1, -0.05) is 6.08 Å². The summed E-state index contributed by atoms with van der Waals surface area (Å²) in [5, 5.41) is 6.96. The molecule has 0 fully saturated rings.